The Morgan fingerprint density at radius 1 is 1.47 bits per heavy atom. The molecule has 6 nitrogen and oxygen atoms in total. The van der Waals surface area contributed by atoms with Crippen LogP contribution in [-0.4, -0.2) is 36.4 Å². The highest BCUT2D eigenvalue weighted by atomic mass is 16.5. The average Bonchev–Trinajstić information content (AvgIpc) is 3.17. The van der Waals surface area contributed by atoms with Crippen molar-refractivity contribution in [2.75, 3.05) is 26.0 Å². The third-order valence-electron chi connectivity index (χ3n) is 3.34. The number of carbonyl (C=O) groups is 1. The summed E-state index contributed by atoms with van der Waals surface area (Å²) in [4.78, 5) is 11.9. The normalized spacial score (nSPS) is 14.6. The second kappa shape index (κ2) is 6.56. The highest BCUT2D eigenvalue weighted by molar-refractivity contribution is 5.97. The van der Waals surface area contributed by atoms with Crippen molar-refractivity contribution in [3.63, 3.8) is 0 Å². The molecule has 1 aliphatic rings. The first kappa shape index (κ1) is 13.9. The van der Waals surface area contributed by atoms with Crippen LogP contribution in [0.3, 0.4) is 0 Å². The van der Waals surface area contributed by atoms with E-state index in [2.05, 4.69) is 15.5 Å². The molecule has 1 amide bonds. The van der Waals surface area contributed by atoms with Crippen LogP contribution in [0.5, 0.6) is 0 Å². The molecule has 2 rings (SSSR count). The lowest BCUT2D eigenvalue weighted by atomic mass is 10.2. The van der Waals surface area contributed by atoms with Crippen molar-refractivity contribution in [1.29, 1.82) is 0 Å². The molecule has 1 aromatic rings. The number of H-pyrrole nitrogens is 1. The Morgan fingerprint density at radius 3 is 2.95 bits per heavy atom. The van der Waals surface area contributed by atoms with Gasteiger partial charge in [0.25, 0.3) is 5.91 Å². The number of nitrogens with two attached hydrogens (primary N) is 1. The van der Waals surface area contributed by atoms with Gasteiger partial charge in [-0.3, -0.25) is 9.89 Å². The molecule has 19 heavy (non-hydrogen) atoms. The molecule has 1 saturated carbocycles. The van der Waals surface area contributed by atoms with Crippen LogP contribution in [0, 0.1) is 0 Å². The Labute approximate surface area is 113 Å². The second-order valence-corrected chi connectivity index (χ2v) is 4.98. The number of hydrogen-bond donors (Lipinski definition) is 3. The number of aromatic nitrogens is 2. The van der Waals surface area contributed by atoms with Gasteiger partial charge in [-0.15, -0.1) is 0 Å². The summed E-state index contributed by atoms with van der Waals surface area (Å²) in [6, 6.07) is 0. The van der Waals surface area contributed by atoms with Crippen molar-refractivity contribution in [3.8, 4) is 0 Å². The van der Waals surface area contributed by atoms with E-state index in [-0.39, 0.29) is 5.91 Å². The maximum atomic E-state index is 11.9. The number of nitrogens with zero attached hydrogens (tertiary/aromatic N) is 1. The largest absolute Gasteiger partial charge is 0.395 e. The minimum Gasteiger partial charge on any atom is -0.395 e. The smallest absolute Gasteiger partial charge is 0.273 e. The quantitative estimate of drug-likeness (QED) is 0.620. The number of ether oxygens (including phenoxy) is 1. The number of hydrogen-bond acceptors (Lipinski definition) is 4. The first-order chi connectivity index (χ1) is 9.24. The van der Waals surface area contributed by atoms with Crippen molar-refractivity contribution < 1.29 is 9.53 Å². The SMILES string of the molecule is COCCCCCNC(=O)c1n[nH]c(C2CC2)c1N. The standard InChI is InChI=1S/C13H22N4O2/c1-19-8-4-2-3-7-15-13(18)12-10(14)11(16-17-12)9-5-6-9/h9H,2-8,14H2,1H3,(H,15,18)(H,16,17). The molecule has 1 heterocycles. The van der Waals surface area contributed by atoms with Gasteiger partial charge < -0.3 is 15.8 Å². The minimum absolute atomic E-state index is 0.188. The molecule has 0 unspecified atom stereocenters. The maximum absolute atomic E-state index is 11.9. The summed E-state index contributed by atoms with van der Waals surface area (Å²) in [5, 5.41) is 9.75. The molecule has 1 fully saturated rings. The highest BCUT2D eigenvalue weighted by Crippen LogP contribution is 2.42. The molecule has 106 valence electrons. The number of anilines is 1. The van der Waals surface area contributed by atoms with Gasteiger partial charge in [0.2, 0.25) is 0 Å². The fourth-order valence-corrected chi connectivity index (χ4v) is 2.05. The zero-order valence-electron chi connectivity index (χ0n) is 11.4. The summed E-state index contributed by atoms with van der Waals surface area (Å²) in [7, 11) is 1.69. The Kier molecular flexibility index (Phi) is 4.79. The van der Waals surface area contributed by atoms with E-state index in [4.69, 9.17) is 10.5 Å². The molecule has 0 saturated heterocycles. The maximum Gasteiger partial charge on any atom is 0.273 e. The van der Waals surface area contributed by atoms with Crippen LogP contribution in [0.1, 0.15) is 54.2 Å². The van der Waals surface area contributed by atoms with Gasteiger partial charge in [0.1, 0.15) is 0 Å². The molecular formula is C13H22N4O2. The number of rotatable bonds is 8. The third kappa shape index (κ3) is 3.70. The Bertz CT molecular complexity index is 426. The van der Waals surface area contributed by atoms with Gasteiger partial charge >= 0.3 is 0 Å². The summed E-state index contributed by atoms with van der Waals surface area (Å²) < 4.78 is 4.97. The lowest BCUT2D eigenvalue weighted by Gasteiger charge is -2.04. The van der Waals surface area contributed by atoms with E-state index < -0.39 is 0 Å². The molecule has 6 heteroatoms. The van der Waals surface area contributed by atoms with E-state index in [9.17, 15) is 4.79 Å². The van der Waals surface area contributed by atoms with E-state index >= 15 is 0 Å². The molecule has 0 aliphatic heterocycles. The van der Waals surface area contributed by atoms with E-state index in [1.807, 2.05) is 0 Å². The number of carbonyl (C=O) groups excluding carboxylic acids is 1. The van der Waals surface area contributed by atoms with E-state index in [1.165, 1.54) is 0 Å². The first-order valence-corrected chi connectivity index (χ1v) is 6.85. The van der Waals surface area contributed by atoms with E-state index in [0.717, 1.165) is 44.4 Å². The highest BCUT2D eigenvalue weighted by Gasteiger charge is 2.30. The monoisotopic (exact) mass is 266 g/mol. The van der Waals surface area contributed by atoms with Crippen LogP contribution < -0.4 is 11.1 Å². The Morgan fingerprint density at radius 2 is 2.26 bits per heavy atom. The summed E-state index contributed by atoms with van der Waals surface area (Å²) in [6.07, 6.45) is 5.26. The molecule has 0 atom stereocenters. The van der Waals surface area contributed by atoms with Gasteiger partial charge in [-0.1, -0.05) is 0 Å². The van der Waals surface area contributed by atoms with Crippen molar-refractivity contribution in [2.45, 2.75) is 38.0 Å². The van der Waals surface area contributed by atoms with Gasteiger partial charge in [-0.25, -0.2) is 0 Å². The third-order valence-corrected chi connectivity index (χ3v) is 3.34. The molecule has 1 aliphatic carbocycles. The van der Waals surface area contributed by atoms with Crippen LogP contribution in [0.4, 0.5) is 5.69 Å². The number of amides is 1. The van der Waals surface area contributed by atoms with E-state index in [1.54, 1.807) is 7.11 Å². The van der Waals surface area contributed by atoms with Crippen LogP contribution in [0.15, 0.2) is 0 Å². The van der Waals surface area contributed by atoms with Crippen molar-refractivity contribution in [2.24, 2.45) is 0 Å². The van der Waals surface area contributed by atoms with Crippen LogP contribution in [0.2, 0.25) is 0 Å². The zero-order chi connectivity index (χ0) is 13.7. The molecule has 0 aromatic carbocycles. The van der Waals surface area contributed by atoms with Gasteiger partial charge in [0.15, 0.2) is 5.69 Å². The first-order valence-electron chi connectivity index (χ1n) is 6.85. The van der Waals surface area contributed by atoms with Gasteiger partial charge in [0, 0.05) is 26.2 Å². The van der Waals surface area contributed by atoms with Crippen molar-refractivity contribution >= 4 is 11.6 Å². The van der Waals surface area contributed by atoms with E-state index in [0.29, 0.717) is 23.8 Å². The number of methoxy groups -OCH3 is 1. The summed E-state index contributed by atoms with van der Waals surface area (Å²) >= 11 is 0. The summed E-state index contributed by atoms with van der Waals surface area (Å²) in [5.74, 6) is 0.287. The van der Waals surface area contributed by atoms with Crippen LogP contribution in [-0.2, 0) is 4.74 Å². The molecule has 1 aromatic heterocycles. The van der Waals surface area contributed by atoms with Crippen molar-refractivity contribution in [1.82, 2.24) is 15.5 Å². The lowest BCUT2D eigenvalue weighted by Crippen LogP contribution is -2.25. The second-order valence-electron chi connectivity index (χ2n) is 4.98. The molecular weight excluding hydrogens is 244 g/mol. The topological polar surface area (TPSA) is 93.0 Å². The van der Waals surface area contributed by atoms with Crippen molar-refractivity contribution in [3.05, 3.63) is 11.4 Å². The fraction of sp³-hybridized carbons (Fsp3) is 0.692. The average molecular weight is 266 g/mol. The molecule has 4 N–H and O–H groups in total. The fourth-order valence-electron chi connectivity index (χ4n) is 2.05. The number of aromatic amines is 1. The summed E-state index contributed by atoms with van der Waals surface area (Å²) in [6.45, 7) is 1.42. The molecule has 0 radical (unpaired) electrons. The number of nitrogen functional groups attached to an aromatic ring is 1. The number of nitrogens with one attached hydrogen (secondary N) is 2. The predicted molar refractivity (Wildman–Crippen MR) is 73.0 cm³/mol. The molecule has 0 bridgehead atoms. The van der Waals surface area contributed by atoms with Crippen LogP contribution >= 0.6 is 0 Å². The Balaban J connectivity index is 1.73. The zero-order valence-corrected chi connectivity index (χ0v) is 11.4. The predicted octanol–water partition coefficient (Wildman–Crippen LogP) is 1.42. The minimum atomic E-state index is -0.188. The number of unbranched alkanes of at least 4 members (excludes halogenated alkanes) is 2. The Hall–Kier alpha value is -1.56. The lowest BCUT2D eigenvalue weighted by molar-refractivity contribution is 0.0948. The van der Waals surface area contributed by atoms with Crippen LogP contribution in [0.25, 0.3) is 0 Å². The molecule has 0 spiro atoms. The van der Waals surface area contributed by atoms with Gasteiger partial charge in [0.05, 0.1) is 11.4 Å². The summed E-state index contributed by atoms with van der Waals surface area (Å²) in [5.41, 5.74) is 7.71. The van der Waals surface area contributed by atoms with Gasteiger partial charge in [-0.05, 0) is 32.1 Å². The van der Waals surface area contributed by atoms with Gasteiger partial charge in [-0.2, -0.15) is 5.10 Å².